The molecule has 74 valence electrons. The highest BCUT2D eigenvalue weighted by atomic mass is 32.1. The van der Waals surface area contributed by atoms with Gasteiger partial charge in [0.05, 0.1) is 0 Å². The van der Waals surface area contributed by atoms with E-state index in [0.29, 0.717) is 6.04 Å². The molecule has 1 unspecified atom stereocenters. The van der Waals surface area contributed by atoms with Crippen molar-refractivity contribution < 1.29 is 0 Å². The van der Waals surface area contributed by atoms with Crippen LogP contribution in [0.5, 0.6) is 0 Å². The van der Waals surface area contributed by atoms with E-state index in [0.717, 1.165) is 6.42 Å². The summed E-state index contributed by atoms with van der Waals surface area (Å²) in [7, 11) is 2.02. The van der Waals surface area contributed by atoms with Crippen molar-refractivity contribution in [3.05, 3.63) is 44.8 Å². The van der Waals surface area contributed by atoms with Crippen LogP contribution in [0.4, 0.5) is 0 Å². The number of thiophene rings is 2. The summed E-state index contributed by atoms with van der Waals surface area (Å²) >= 11 is 3.52. The zero-order valence-corrected chi connectivity index (χ0v) is 9.70. The van der Waals surface area contributed by atoms with E-state index in [4.69, 9.17) is 0 Å². The lowest BCUT2D eigenvalue weighted by Crippen LogP contribution is -2.17. The second kappa shape index (κ2) is 4.73. The van der Waals surface area contributed by atoms with Crippen LogP contribution in [0.15, 0.2) is 33.7 Å². The van der Waals surface area contributed by atoms with Gasteiger partial charge in [-0.25, -0.2) is 0 Å². The SMILES string of the molecule is CNC(Cc1ccsc1)c1ccsc1. The van der Waals surface area contributed by atoms with Gasteiger partial charge in [-0.05, 0) is 58.2 Å². The molecule has 0 aromatic carbocycles. The van der Waals surface area contributed by atoms with Gasteiger partial charge >= 0.3 is 0 Å². The fraction of sp³-hybridized carbons (Fsp3) is 0.273. The van der Waals surface area contributed by atoms with Gasteiger partial charge in [-0.1, -0.05) is 0 Å². The third-order valence-electron chi connectivity index (χ3n) is 2.31. The molecule has 2 heterocycles. The van der Waals surface area contributed by atoms with Crippen molar-refractivity contribution in [1.29, 1.82) is 0 Å². The Balaban J connectivity index is 2.08. The summed E-state index contributed by atoms with van der Waals surface area (Å²) in [5, 5.41) is 12.1. The number of rotatable bonds is 4. The van der Waals surface area contributed by atoms with Crippen LogP contribution >= 0.6 is 22.7 Å². The van der Waals surface area contributed by atoms with Crippen LogP contribution in [0, 0.1) is 0 Å². The van der Waals surface area contributed by atoms with Gasteiger partial charge in [0.15, 0.2) is 0 Å². The molecule has 2 aromatic rings. The Morgan fingerprint density at radius 1 is 1.21 bits per heavy atom. The molecule has 0 saturated carbocycles. The minimum atomic E-state index is 0.454. The predicted molar refractivity (Wildman–Crippen MR) is 64.1 cm³/mol. The van der Waals surface area contributed by atoms with Gasteiger partial charge in [-0.2, -0.15) is 22.7 Å². The number of hydrogen-bond acceptors (Lipinski definition) is 3. The molecule has 1 N–H and O–H groups in total. The Morgan fingerprint density at radius 3 is 2.57 bits per heavy atom. The summed E-state index contributed by atoms with van der Waals surface area (Å²) < 4.78 is 0. The Labute approximate surface area is 92.4 Å². The van der Waals surface area contributed by atoms with Crippen molar-refractivity contribution in [3.63, 3.8) is 0 Å². The van der Waals surface area contributed by atoms with Gasteiger partial charge in [0.2, 0.25) is 0 Å². The lowest BCUT2D eigenvalue weighted by atomic mass is 10.0. The first kappa shape index (κ1) is 9.90. The predicted octanol–water partition coefficient (Wildman–Crippen LogP) is 3.31. The Bertz CT molecular complexity index is 351. The van der Waals surface area contributed by atoms with Crippen LogP contribution < -0.4 is 5.32 Å². The lowest BCUT2D eigenvalue weighted by Gasteiger charge is -2.13. The van der Waals surface area contributed by atoms with Crippen molar-refractivity contribution in [2.75, 3.05) is 7.05 Å². The van der Waals surface area contributed by atoms with Crippen LogP contribution in [0.2, 0.25) is 0 Å². The number of hydrogen-bond donors (Lipinski definition) is 1. The van der Waals surface area contributed by atoms with Gasteiger partial charge < -0.3 is 5.32 Å². The summed E-state index contributed by atoms with van der Waals surface area (Å²) in [5.74, 6) is 0. The van der Waals surface area contributed by atoms with E-state index in [1.54, 1.807) is 22.7 Å². The quantitative estimate of drug-likeness (QED) is 0.838. The Hall–Kier alpha value is -0.640. The molecule has 0 fully saturated rings. The number of nitrogens with one attached hydrogen (secondary N) is 1. The lowest BCUT2D eigenvalue weighted by molar-refractivity contribution is 0.595. The Morgan fingerprint density at radius 2 is 2.00 bits per heavy atom. The number of likely N-dealkylation sites (N-methyl/N-ethyl adjacent to an activating group) is 1. The van der Waals surface area contributed by atoms with Crippen LogP contribution in [0.3, 0.4) is 0 Å². The smallest absolute Gasteiger partial charge is 0.0366 e. The minimum Gasteiger partial charge on any atom is -0.313 e. The third-order valence-corrected chi connectivity index (χ3v) is 3.75. The summed E-state index contributed by atoms with van der Waals surface area (Å²) in [5.41, 5.74) is 2.81. The second-order valence-electron chi connectivity index (χ2n) is 3.23. The van der Waals surface area contributed by atoms with Crippen molar-refractivity contribution in [2.24, 2.45) is 0 Å². The first-order chi connectivity index (χ1) is 6.90. The van der Waals surface area contributed by atoms with E-state index in [9.17, 15) is 0 Å². The van der Waals surface area contributed by atoms with Crippen molar-refractivity contribution in [3.8, 4) is 0 Å². The normalized spacial score (nSPS) is 12.9. The maximum absolute atomic E-state index is 3.35. The average Bonchev–Trinajstić information content (AvgIpc) is 2.86. The molecule has 0 radical (unpaired) electrons. The van der Waals surface area contributed by atoms with Gasteiger partial charge in [0.25, 0.3) is 0 Å². The molecule has 2 aromatic heterocycles. The monoisotopic (exact) mass is 223 g/mol. The van der Waals surface area contributed by atoms with Crippen molar-refractivity contribution >= 4 is 22.7 Å². The first-order valence-corrected chi connectivity index (χ1v) is 6.49. The van der Waals surface area contributed by atoms with Gasteiger partial charge in [-0.3, -0.25) is 0 Å². The molecule has 1 nitrogen and oxygen atoms in total. The van der Waals surface area contributed by atoms with Crippen molar-refractivity contribution in [1.82, 2.24) is 5.32 Å². The van der Waals surface area contributed by atoms with E-state index in [-0.39, 0.29) is 0 Å². The van der Waals surface area contributed by atoms with Crippen LogP contribution in [-0.4, -0.2) is 7.05 Å². The van der Waals surface area contributed by atoms with E-state index in [1.165, 1.54) is 11.1 Å². The largest absolute Gasteiger partial charge is 0.313 e. The molecule has 0 saturated heterocycles. The standard InChI is InChI=1S/C11H13NS2/c1-12-11(10-3-5-14-8-10)6-9-2-4-13-7-9/h2-5,7-8,11-12H,6H2,1H3. The van der Waals surface area contributed by atoms with Gasteiger partial charge in [-0.15, -0.1) is 0 Å². The summed E-state index contributed by atoms with van der Waals surface area (Å²) in [6.07, 6.45) is 1.08. The Kier molecular flexibility index (Phi) is 3.35. The molecule has 2 rings (SSSR count). The minimum absolute atomic E-state index is 0.454. The molecular weight excluding hydrogens is 210 g/mol. The highest BCUT2D eigenvalue weighted by molar-refractivity contribution is 7.08. The fourth-order valence-electron chi connectivity index (χ4n) is 1.50. The fourth-order valence-corrected chi connectivity index (χ4v) is 2.90. The molecule has 0 aliphatic rings. The van der Waals surface area contributed by atoms with Gasteiger partial charge in [0.1, 0.15) is 0 Å². The van der Waals surface area contributed by atoms with E-state index in [2.05, 4.69) is 39.0 Å². The molecule has 3 heteroatoms. The van der Waals surface area contributed by atoms with Crippen LogP contribution in [0.25, 0.3) is 0 Å². The summed E-state index contributed by atoms with van der Waals surface area (Å²) in [6, 6.07) is 4.84. The molecule has 1 atom stereocenters. The topological polar surface area (TPSA) is 12.0 Å². The molecule has 0 amide bonds. The van der Waals surface area contributed by atoms with Crippen LogP contribution in [-0.2, 0) is 6.42 Å². The van der Waals surface area contributed by atoms with Crippen LogP contribution in [0.1, 0.15) is 17.2 Å². The van der Waals surface area contributed by atoms with E-state index >= 15 is 0 Å². The first-order valence-electron chi connectivity index (χ1n) is 4.60. The molecule has 0 spiro atoms. The van der Waals surface area contributed by atoms with Crippen molar-refractivity contribution in [2.45, 2.75) is 12.5 Å². The second-order valence-corrected chi connectivity index (χ2v) is 4.79. The highest BCUT2D eigenvalue weighted by Crippen LogP contribution is 2.21. The summed E-state index contributed by atoms with van der Waals surface area (Å²) in [4.78, 5) is 0. The van der Waals surface area contributed by atoms with E-state index in [1.807, 2.05) is 7.05 Å². The maximum Gasteiger partial charge on any atom is 0.0366 e. The molecule has 0 aliphatic heterocycles. The zero-order chi connectivity index (χ0) is 9.80. The molecule has 14 heavy (non-hydrogen) atoms. The third kappa shape index (κ3) is 2.23. The van der Waals surface area contributed by atoms with Gasteiger partial charge in [0, 0.05) is 6.04 Å². The molecular formula is C11H13NS2. The highest BCUT2D eigenvalue weighted by Gasteiger charge is 2.10. The summed E-state index contributed by atoms with van der Waals surface area (Å²) in [6.45, 7) is 0. The molecule has 0 bridgehead atoms. The van der Waals surface area contributed by atoms with E-state index < -0.39 is 0 Å². The average molecular weight is 223 g/mol. The molecule has 0 aliphatic carbocycles. The maximum atomic E-state index is 3.35. The zero-order valence-electron chi connectivity index (χ0n) is 8.07.